The van der Waals surface area contributed by atoms with Crippen molar-refractivity contribution < 1.29 is 18.6 Å². The molecule has 5 rings (SSSR count). The van der Waals surface area contributed by atoms with Crippen LogP contribution in [-0.2, 0) is 9.47 Å². The lowest BCUT2D eigenvalue weighted by Gasteiger charge is -2.44. The summed E-state index contributed by atoms with van der Waals surface area (Å²) in [4.78, 5) is 4.27. The SMILES string of the molecule is N#CN1CC2(C[C@H](N3CCC(c4cc(F)ccc4OC4COC4)CC3)CO2)C1. The van der Waals surface area contributed by atoms with Crippen molar-refractivity contribution in [2.45, 2.75) is 42.9 Å². The molecule has 0 unspecified atom stereocenters. The van der Waals surface area contributed by atoms with E-state index in [0.717, 1.165) is 63.4 Å². The van der Waals surface area contributed by atoms with Gasteiger partial charge in [-0.25, -0.2) is 4.39 Å². The van der Waals surface area contributed by atoms with Crippen LogP contribution in [0.15, 0.2) is 18.2 Å². The van der Waals surface area contributed by atoms with Crippen LogP contribution in [0.1, 0.15) is 30.7 Å². The standard InChI is InChI=1S/C21H26FN3O3/c22-16-1-2-20(28-18-10-26-11-18)19(7-16)15-3-5-25(6-4-15)17-8-21(27-9-17)12-24(13-21)14-23/h1-2,7,15,17-18H,3-6,8-13H2/t17-/m0/s1. The Bertz CT molecular complexity index is 765. The third-order valence-corrected chi connectivity index (χ3v) is 6.65. The molecule has 150 valence electrons. The van der Waals surface area contributed by atoms with Gasteiger partial charge in [0.2, 0.25) is 0 Å². The van der Waals surface area contributed by atoms with Crippen LogP contribution >= 0.6 is 0 Å². The Balaban J connectivity index is 1.20. The zero-order chi connectivity index (χ0) is 19.1. The summed E-state index contributed by atoms with van der Waals surface area (Å²) in [6.07, 6.45) is 5.28. The molecule has 7 heteroatoms. The number of nitriles is 1. The first-order valence-corrected chi connectivity index (χ1v) is 10.2. The van der Waals surface area contributed by atoms with Crippen LogP contribution < -0.4 is 4.74 Å². The van der Waals surface area contributed by atoms with Crippen molar-refractivity contribution in [3.8, 4) is 11.9 Å². The van der Waals surface area contributed by atoms with Crippen molar-refractivity contribution in [1.82, 2.24) is 9.80 Å². The fourth-order valence-corrected chi connectivity index (χ4v) is 4.98. The van der Waals surface area contributed by atoms with E-state index in [1.807, 2.05) is 0 Å². The third kappa shape index (κ3) is 3.34. The van der Waals surface area contributed by atoms with Gasteiger partial charge in [-0.1, -0.05) is 0 Å². The minimum absolute atomic E-state index is 0.0894. The zero-order valence-electron chi connectivity index (χ0n) is 16.0. The van der Waals surface area contributed by atoms with E-state index in [4.69, 9.17) is 19.5 Å². The molecule has 1 spiro atoms. The molecule has 1 aromatic rings. The highest BCUT2D eigenvalue weighted by molar-refractivity contribution is 5.37. The first-order chi connectivity index (χ1) is 13.6. The smallest absolute Gasteiger partial charge is 0.179 e. The number of ether oxygens (including phenoxy) is 3. The van der Waals surface area contributed by atoms with Gasteiger partial charge in [-0.3, -0.25) is 4.90 Å². The van der Waals surface area contributed by atoms with E-state index in [0.29, 0.717) is 25.2 Å². The maximum absolute atomic E-state index is 13.9. The first kappa shape index (κ1) is 18.2. The number of nitrogens with zero attached hydrogens (tertiary/aromatic N) is 3. The Hall–Kier alpha value is -1.88. The lowest BCUT2D eigenvalue weighted by molar-refractivity contribution is -0.0885. The van der Waals surface area contributed by atoms with Crippen molar-refractivity contribution in [2.24, 2.45) is 0 Å². The van der Waals surface area contributed by atoms with Crippen LogP contribution in [0.5, 0.6) is 5.75 Å². The molecular weight excluding hydrogens is 361 g/mol. The highest BCUT2D eigenvalue weighted by Crippen LogP contribution is 2.40. The minimum Gasteiger partial charge on any atom is -0.485 e. The van der Waals surface area contributed by atoms with Gasteiger partial charge >= 0.3 is 0 Å². The van der Waals surface area contributed by atoms with Gasteiger partial charge in [0.15, 0.2) is 6.19 Å². The molecule has 4 fully saturated rings. The Morgan fingerprint density at radius 2 is 1.96 bits per heavy atom. The Morgan fingerprint density at radius 3 is 2.64 bits per heavy atom. The fourth-order valence-electron chi connectivity index (χ4n) is 4.98. The largest absolute Gasteiger partial charge is 0.485 e. The Kier molecular flexibility index (Phi) is 4.66. The molecule has 28 heavy (non-hydrogen) atoms. The van der Waals surface area contributed by atoms with Crippen LogP contribution in [0.25, 0.3) is 0 Å². The van der Waals surface area contributed by atoms with Gasteiger partial charge < -0.3 is 19.1 Å². The van der Waals surface area contributed by atoms with Gasteiger partial charge in [0.25, 0.3) is 0 Å². The number of halogens is 1. The fraction of sp³-hybridized carbons (Fsp3) is 0.667. The number of hydrogen-bond acceptors (Lipinski definition) is 6. The van der Waals surface area contributed by atoms with Gasteiger partial charge in [0.05, 0.1) is 32.9 Å². The normalized spacial score (nSPS) is 28.0. The number of rotatable bonds is 4. The molecule has 0 radical (unpaired) electrons. The topological polar surface area (TPSA) is 58.0 Å². The van der Waals surface area contributed by atoms with Crippen molar-refractivity contribution >= 4 is 0 Å². The van der Waals surface area contributed by atoms with Crippen LogP contribution in [0.3, 0.4) is 0 Å². The first-order valence-electron chi connectivity index (χ1n) is 10.2. The van der Waals surface area contributed by atoms with Gasteiger partial charge in [-0.15, -0.1) is 0 Å². The minimum atomic E-state index is -0.201. The summed E-state index contributed by atoms with van der Waals surface area (Å²) in [6.45, 7) is 5.40. The number of likely N-dealkylation sites (tertiary alicyclic amines) is 2. The molecule has 0 saturated carbocycles. The van der Waals surface area contributed by atoms with E-state index < -0.39 is 0 Å². The molecule has 0 bridgehead atoms. The number of hydrogen-bond donors (Lipinski definition) is 0. The van der Waals surface area contributed by atoms with Crippen molar-refractivity contribution in [2.75, 3.05) is 46.0 Å². The summed E-state index contributed by atoms with van der Waals surface area (Å²) in [5, 5.41) is 8.96. The highest BCUT2D eigenvalue weighted by Gasteiger charge is 2.51. The second-order valence-corrected chi connectivity index (χ2v) is 8.58. The summed E-state index contributed by atoms with van der Waals surface area (Å²) in [5.41, 5.74) is 0.889. The molecule has 4 heterocycles. The molecule has 1 atom stereocenters. The third-order valence-electron chi connectivity index (χ3n) is 6.65. The quantitative estimate of drug-likeness (QED) is 0.738. The van der Waals surface area contributed by atoms with Crippen LogP contribution in [0.2, 0.25) is 0 Å². The molecule has 0 N–H and O–H groups in total. The van der Waals surface area contributed by atoms with Crippen molar-refractivity contribution in [1.29, 1.82) is 5.26 Å². The zero-order valence-corrected chi connectivity index (χ0v) is 16.0. The summed E-state index contributed by atoms with van der Waals surface area (Å²) in [6, 6.07) is 5.32. The highest BCUT2D eigenvalue weighted by atomic mass is 19.1. The van der Waals surface area contributed by atoms with E-state index in [2.05, 4.69) is 11.1 Å². The van der Waals surface area contributed by atoms with E-state index >= 15 is 0 Å². The van der Waals surface area contributed by atoms with E-state index in [1.54, 1.807) is 17.0 Å². The van der Waals surface area contributed by atoms with Gasteiger partial charge in [0, 0.05) is 11.6 Å². The predicted molar refractivity (Wildman–Crippen MR) is 99.5 cm³/mol. The van der Waals surface area contributed by atoms with Gasteiger partial charge in [-0.2, -0.15) is 5.26 Å². The molecular formula is C21H26FN3O3. The summed E-state index contributed by atoms with van der Waals surface area (Å²) >= 11 is 0. The summed E-state index contributed by atoms with van der Waals surface area (Å²) in [5.74, 6) is 0.923. The van der Waals surface area contributed by atoms with Gasteiger partial charge in [-0.05, 0) is 56.5 Å². The molecule has 6 nitrogen and oxygen atoms in total. The molecule has 1 aromatic carbocycles. The Morgan fingerprint density at radius 1 is 1.18 bits per heavy atom. The number of piperidine rings is 1. The van der Waals surface area contributed by atoms with Crippen LogP contribution in [-0.4, -0.2) is 73.5 Å². The van der Waals surface area contributed by atoms with E-state index in [9.17, 15) is 4.39 Å². The average molecular weight is 387 g/mol. The molecule has 4 saturated heterocycles. The molecule has 0 aliphatic carbocycles. The summed E-state index contributed by atoms with van der Waals surface area (Å²) in [7, 11) is 0. The predicted octanol–water partition coefficient (Wildman–Crippen LogP) is 2.11. The maximum Gasteiger partial charge on any atom is 0.179 e. The molecule has 0 amide bonds. The van der Waals surface area contributed by atoms with Crippen LogP contribution in [0.4, 0.5) is 4.39 Å². The average Bonchev–Trinajstić information content (AvgIpc) is 3.10. The molecule has 4 aliphatic rings. The number of benzene rings is 1. The lowest BCUT2D eigenvalue weighted by atomic mass is 9.86. The Labute approximate surface area is 164 Å². The van der Waals surface area contributed by atoms with Crippen molar-refractivity contribution in [3.63, 3.8) is 0 Å². The van der Waals surface area contributed by atoms with Gasteiger partial charge in [0.1, 0.15) is 23.3 Å². The lowest BCUT2D eigenvalue weighted by Crippen LogP contribution is -2.59. The maximum atomic E-state index is 13.9. The second-order valence-electron chi connectivity index (χ2n) is 8.58. The second kappa shape index (κ2) is 7.18. The van der Waals surface area contributed by atoms with Crippen LogP contribution in [0, 0.1) is 17.3 Å². The van der Waals surface area contributed by atoms with E-state index in [-0.39, 0.29) is 17.5 Å². The van der Waals surface area contributed by atoms with Crippen molar-refractivity contribution in [3.05, 3.63) is 29.6 Å². The van der Waals surface area contributed by atoms with E-state index in [1.165, 1.54) is 6.07 Å². The summed E-state index contributed by atoms with van der Waals surface area (Å²) < 4.78 is 31.2. The monoisotopic (exact) mass is 387 g/mol. The molecule has 4 aliphatic heterocycles. The molecule has 0 aromatic heterocycles.